The smallest absolute Gasteiger partial charge is 0.282 e. The number of rotatable bonds is 2. The molecular formula is C14H15Br2N5O. The number of piperazine rings is 1. The third kappa shape index (κ3) is 3.03. The topological polar surface area (TPSA) is 54.3 Å². The molecule has 1 saturated heterocycles. The Bertz CT molecular complexity index is 723. The van der Waals surface area contributed by atoms with E-state index in [0.29, 0.717) is 4.47 Å². The van der Waals surface area contributed by atoms with Crippen LogP contribution >= 0.6 is 31.9 Å². The maximum Gasteiger partial charge on any atom is 0.282 e. The van der Waals surface area contributed by atoms with Crippen LogP contribution in [0.1, 0.15) is 0 Å². The molecule has 0 unspecified atom stereocenters. The number of halogens is 2. The van der Waals surface area contributed by atoms with Crippen LogP contribution in [0.5, 0.6) is 0 Å². The van der Waals surface area contributed by atoms with Crippen LogP contribution in [-0.4, -0.2) is 40.9 Å². The second-order valence-electron chi connectivity index (χ2n) is 5.08. The van der Waals surface area contributed by atoms with Gasteiger partial charge in [0, 0.05) is 43.9 Å². The molecule has 8 heteroatoms. The van der Waals surface area contributed by atoms with Gasteiger partial charge in [-0.3, -0.25) is 4.79 Å². The normalized spacial score (nSPS) is 15.2. The van der Waals surface area contributed by atoms with Crippen molar-refractivity contribution >= 4 is 43.4 Å². The van der Waals surface area contributed by atoms with Crippen LogP contribution in [0, 0.1) is 0 Å². The van der Waals surface area contributed by atoms with Crippen molar-refractivity contribution in [3.05, 3.63) is 43.8 Å². The van der Waals surface area contributed by atoms with Gasteiger partial charge in [-0.1, -0.05) is 0 Å². The van der Waals surface area contributed by atoms with Gasteiger partial charge in [0.15, 0.2) is 0 Å². The Balaban J connectivity index is 1.73. The molecule has 0 saturated carbocycles. The molecule has 0 radical (unpaired) electrons. The SMILES string of the molecule is Cn1ncc(N2CCN(c3ccc(Br)cn3)CC2)c(Br)c1=O. The Morgan fingerprint density at radius 1 is 1.05 bits per heavy atom. The maximum atomic E-state index is 12.0. The van der Waals surface area contributed by atoms with Gasteiger partial charge in [0.05, 0.1) is 11.9 Å². The summed E-state index contributed by atoms with van der Waals surface area (Å²) in [7, 11) is 1.65. The largest absolute Gasteiger partial charge is 0.366 e. The fourth-order valence-corrected chi connectivity index (χ4v) is 3.30. The van der Waals surface area contributed by atoms with Gasteiger partial charge in [0.25, 0.3) is 5.56 Å². The first-order chi connectivity index (χ1) is 10.6. The van der Waals surface area contributed by atoms with Crippen molar-refractivity contribution in [2.24, 2.45) is 7.05 Å². The first-order valence-corrected chi connectivity index (χ1v) is 8.48. The Hall–Kier alpha value is -1.41. The molecule has 3 heterocycles. The van der Waals surface area contributed by atoms with Crippen molar-refractivity contribution in [2.75, 3.05) is 36.0 Å². The fourth-order valence-electron chi connectivity index (χ4n) is 2.45. The lowest BCUT2D eigenvalue weighted by Gasteiger charge is -2.36. The highest BCUT2D eigenvalue weighted by molar-refractivity contribution is 9.10. The third-order valence-electron chi connectivity index (χ3n) is 3.72. The van der Waals surface area contributed by atoms with Crippen LogP contribution in [0.3, 0.4) is 0 Å². The van der Waals surface area contributed by atoms with E-state index in [1.165, 1.54) is 4.68 Å². The summed E-state index contributed by atoms with van der Waals surface area (Å²) in [6.45, 7) is 3.36. The van der Waals surface area contributed by atoms with Gasteiger partial charge in [-0.05, 0) is 44.0 Å². The predicted octanol–water partition coefficient (Wildman–Crippen LogP) is 2.03. The summed E-state index contributed by atoms with van der Waals surface area (Å²) in [5, 5.41) is 4.10. The average molecular weight is 429 g/mol. The van der Waals surface area contributed by atoms with Crippen LogP contribution in [0.2, 0.25) is 0 Å². The summed E-state index contributed by atoms with van der Waals surface area (Å²) in [5.74, 6) is 0.976. The molecule has 0 amide bonds. The number of hydrogen-bond donors (Lipinski definition) is 0. The summed E-state index contributed by atoms with van der Waals surface area (Å²) < 4.78 is 2.88. The van der Waals surface area contributed by atoms with Crippen molar-refractivity contribution in [3.8, 4) is 0 Å². The standard InChI is InChI=1S/C14H15Br2N5O/c1-19-14(22)13(16)11(9-18-19)20-4-6-21(7-5-20)12-3-2-10(15)8-17-12/h2-3,8-9H,4-7H2,1H3. The van der Waals surface area contributed by atoms with E-state index in [4.69, 9.17) is 0 Å². The summed E-state index contributed by atoms with van der Waals surface area (Å²) in [5.41, 5.74) is 0.737. The van der Waals surface area contributed by atoms with E-state index < -0.39 is 0 Å². The van der Waals surface area contributed by atoms with Gasteiger partial charge in [0.1, 0.15) is 10.3 Å². The van der Waals surface area contributed by atoms with E-state index in [1.807, 2.05) is 18.3 Å². The first-order valence-electron chi connectivity index (χ1n) is 6.89. The van der Waals surface area contributed by atoms with Gasteiger partial charge in [-0.2, -0.15) is 5.10 Å². The zero-order valence-corrected chi connectivity index (χ0v) is 15.2. The van der Waals surface area contributed by atoms with Crippen LogP contribution in [-0.2, 0) is 7.05 Å². The number of hydrogen-bond acceptors (Lipinski definition) is 5. The lowest BCUT2D eigenvalue weighted by molar-refractivity contribution is 0.636. The van der Waals surface area contributed by atoms with Crippen molar-refractivity contribution < 1.29 is 0 Å². The van der Waals surface area contributed by atoms with Gasteiger partial charge >= 0.3 is 0 Å². The number of aromatic nitrogens is 3. The summed E-state index contributed by atoms with van der Waals surface area (Å²) in [6.07, 6.45) is 3.54. The Morgan fingerprint density at radius 3 is 2.36 bits per heavy atom. The highest BCUT2D eigenvalue weighted by Gasteiger charge is 2.21. The number of pyridine rings is 1. The van der Waals surface area contributed by atoms with Gasteiger partial charge < -0.3 is 9.80 Å². The molecule has 2 aromatic rings. The van der Waals surface area contributed by atoms with Gasteiger partial charge in [0.2, 0.25) is 0 Å². The van der Waals surface area contributed by atoms with Crippen molar-refractivity contribution in [2.45, 2.75) is 0 Å². The van der Waals surface area contributed by atoms with E-state index >= 15 is 0 Å². The minimum atomic E-state index is -0.116. The van der Waals surface area contributed by atoms with Crippen LogP contribution < -0.4 is 15.4 Å². The Kier molecular flexibility index (Phi) is 4.49. The van der Waals surface area contributed by atoms with Crippen molar-refractivity contribution in [1.29, 1.82) is 0 Å². The maximum absolute atomic E-state index is 12.0. The predicted molar refractivity (Wildman–Crippen MR) is 93.5 cm³/mol. The number of nitrogens with zero attached hydrogens (tertiary/aromatic N) is 5. The zero-order valence-electron chi connectivity index (χ0n) is 12.0. The fraction of sp³-hybridized carbons (Fsp3) is 0.357. The van der Waals surface area contributed by atoms with Crippen LogP contribution in [0.4, 0.5) is 11.5 Å². The highest BCUT2D eigenvalue weighted by atomic mass is 79.9. The molecule has 22 heavy (non-hydrogen) atoms. The second-order valence-corrected chi connectivity index (χ2v) is 6.79. The number of aryl methyl sites for hydroxylation is 1. The molecule has 0 atom stereocenters. The van der Waals surface area contributed by atoms with Crippen molar-refractivity contribution in [1.82, 2.24) is 14.8 Å². The van der Waals surface area contributed by atoms with Crippen LogP contribution in [0.15, 0.2) is 38.3 Å². The molecule has 3 rings (SSSR count). The zero-order chi connectivity index (χ0) is 15.7. The van der Waals surface area contributed by atoms with E-state index in [2.05, 4.69) is 51.7 Å². The van der Waals surface area contributed by atoms with Crippen LogP contribution in [0.25, 0.3) is 0 Å². The Morgan fingerprint density at radius 2 is 1.73 bits per heavy atom. The summed E-state index contributed by atoms with van der Waals surface area (Å²) >= 11 is 6.79. The van der Waals surface area contributed by atoms with E-state index in [1.54, 1.807) is 13.2 Å². The monoisotopic (exact) mass is 427 g/mol. The molecule has 6 nitrogen and oxygen atoms in total. The molecule has 0 aliphatic carbocycles. The molecule has 0 N–H and O–H groups in total. The summed E-state index contributed by atoms with van der Waals surface area (Å²) in [4.78, 5) is 20.8. The molecule has 2 aromatic heterocycles. The number of anilines is 2. The molecule has 0 bridgehead atoms. The van der Waals surface area contributed by atoms with Gasteiger partial charge in [-0.25, -0.2) is 9.67 Å². The average Bonchev–Trinajstić information content (AvgIpc) is 2.54. The van der Waals surface area contributed by atoms with Gasteiger partial charge in [-0.15, -0.1) is 0 Å². The highest BCUT2D eigenvalue weighted by Crippen LogP contribution is 2.24. The lowest BCUT2D eigenvalue weighted by atomic mass is 10.2. The van der Waals surface area contributed by atoms with E-state index in [9.17, 15) is 4.79 Å². The first kappa shape index (κ1) is 15.5. The summed E-state index contributed by atoms with van der Waals surface area (Å²) in [6, 6.07) is 4.01. The molecule has 116 valence electrons. The quantitative estimate of drug-likeness (QED) is 0.732. The molecular weight excluding hydrogens is 414 g/mol. The lowest BCUT2D eigenvalue weighted by Crippen LogP contribution is -2.47. The molecule has 0 aromatic carbocycles. The molecule has 1 fully saturated rings. The Labute approximate surface area is 145 Å². The molecule has 1 aliphatic rings. The van der Waals surface area contributed by atoms with Crippen molar-refractivity contribution in [3.63, 3.8) is 0 Å². The minimum Gasteiger partial charge on any atom is -0.366 e. The molecule has 0 spiro atoms. The van der Waals surface area contributed by atoms with E-state index in [0.717, 1.165) is 42.2 Å². The van der Waals surface area contributed by atoms with E-state index in [-0.39, 0.29) is 5.56 Å². The molecule has 1 aliphatic heterocycles. The minimum absolute atomic E-state index is 0.116. The third-order valence-corrected chi connectivity index (χ3v) is 4.93. The second kappa shape index (κ2) is 6.37.